The van der Waals surface area contributed by atoms with Crippen molar-refractivity contribution in [3.63, 3.8) is 0 Å². The highest BCUT2D eigenvalue weighted by Gasteiger charge is 2.21. The molecule has 2 rings (SSSR count). The minimum Gasteiger partial charge on any atom is -0.387 e. The van der Waals surface area contributed by atoms with Crippen LogP contribution in [0.15, 0.2) is 24.3 Å². The largest absolute Gasteiger partial charge is 0.387 e. The maximum atomic E-state index is 10.3. The maximum absolute atomic E-state index is 10.3. The molecule has 0 saturated carbocycles. The number of benzene rings is 1. The number of hydrogen-bond donors (Lipinski definition) is 1. The lowest BCUT2D eigenvalue weighted by molar-refractivity contribution is 0.0688. The number of rotatable bonds is 5. The van der Waals surface area contributed by atoms with Crippen LogP contribution in [-0.2, 0) is 0 Å². The minimum atomic E-state index is -0.500. The van der Waals surface area contributed by atoms with E-state index < -0.39 is 6.10 Å². The highest BCUT2D eigenvalue weighted by molar-refractivity contribution is 6.31. The molecule has 1 saturated heterocycles. The summed E-state index contributed by atoms with van der Waals surface area (Å²) >= 11 is 6.13. The van der Waals surface area contributed by atoms with Crippen LogP contribution in [0.3, 0.4) is 0 Å². The molecule has 1 fully saturated rings. The summed E-state index contributed by atoms with van der Waals surface area (Å²) in [7, 11) is 0. The molecule has 0 bridgehead atoms. The third-order valence-corrected chi connectivity index (χ3v) is 4.13. The van der Waals surface area contributed by atoms with Gasteiger partial charge in [-0.1, -0.05) is 43.6 Å². The van der Waals surface area contributed by atoms with Gasteiger partial charge in [-0.2, -0.15) is 0 Å². The summed E-state index contributed by atoms with van der Waals surface area (Å²) in [6.45, 7) is 10.6. The lowest BCUT2D eigenvalue weighted by Crippen LogP contribution is -2.48. The topological polar surface area (TPSA) is 26.7 Å². The normalized spacial score (nSPS) is 19.4. The molecule has 1 aromatic rings. The molecule has 0 spiro atoms. The fourth-order valence-corrected chi connectivity index (χ4v) is 3.02. The molecule has 20 heavy (non-hydrogen) atoms. The lowest BCUT2D eigenvalue weighted by Gasteiger charge is -2.36. The summed E-state index contributed by atoms with van der Waals surface area (Å²) in [5, 5.41) is 11.0. The van der Waals surface area contributed by atoms with Gasteiger partial charge in [0.2, 0.25) is 0 Å². The first kappa shape index (κ1) is 15.8. The highest BCUT2D eigenvalue weighted by Crippen LogP contribution is 2.23. The van der Waals surface area contributed by atoms with E-state index in [1.807, 2.05) is 24.3 Å². The van der Waals surface area contributed by atoms with Crippen LogP contribution in [0.25, 0.3) is 0 Å². The molecule has 112 valence electrons. The van der Waals surface area contributed by atoms with Gasteiger partial charge in [0.05, 0.1) is 6.10 Å². The van der Waals surface area contributed by atoms with Crippen LogP contribution in [0.2, 0.25) is 5.02 Å². The van der Waals surface area contributed by atoms with Crippen molar-refractivity contribution in [2.75, 3.05) is 39.3 Å². The molecule has 1 aliphatic heterocycles. The molecule has 4 heteroatoms. The van der Waals surface area contributed by atoms with Crippen LogP contribution in [0.5, 0.6) is 0 Å². The van der Waals surface area contributed by atoms with Crippen molar-refractivity contribution in [3.8, 4) is 0 Å². The van der Waals surface area contributed by atoms with Crippen LogP contribution >= 0.6 is 11.6 Å². The predicted octanol–water partition coefficient (Wildman–Crippen LogP) is 2.65. The van der Waals surface area contributed by atoms with Gasteiger partial charge in [0, 0.05) is 49.9 Å². The van der Waals surface area contributed by atoms with Gasteiger partial charge in [-0.15, -0.1) is 0 Å². The summed E-state index contributed by atoms with van der Waals surface area (Å²) < 4.78 is 0. The second-order valence-corrected chi connectivity index (χ2v) is 6.44. The van der Waals surface area contributed by atoms with Gasteiger partial charge in [0.1, 0.15) is 0 Å². The van der Waals surface area contributed by atoms with Gasteiger partial charge in [0.15, 0.2) is 0 Å². The van der Waals surface area contributed by atoms with E-state index in [2.05, 4.69) is 23.6 Å². The van der Waals surface area contributed by atoms with E-state index >= 15 is 0 Å². The van der Waals surface area contributed by atoms with Crippen LogP contribution < -0.4 is 0 Å². The van der Waals surface area contributed by atoms with Crippen molar-refractivity contribution < 1.29 is 5.11 Å². The molecule has 1 atom stereocenters. The van der Waals surface area contributed by atoms with E-state index in [0.717, 1.165) is 37.7 Å². The standard InChI is InChI=1S/C16H25ClN2O/c1-13(2)11-18-7-9-19(10-8-18)12-16(20)14-5-3-4-6-15(14)17/h3-6,13,16,20H,7-12H2,1-2H3. The predicted molar refractivity (Wildman–Crippen MR) is 84.1 cm³/mol. The van der Waals surface area contributed by atoms with E-state index in [-0.39, 0.29) is 0 Å². The van der Waals surface area contributed by atoms with E-state index in [1.165, 1.54) is 6.54 Å². The molecule has 1 aliphatic rings. The first-order chi connectivity index (χ1) is 9.56. The minimum absolute atomic E-state index is 0.500. The number of hydrogen-bond acceptors (Lipinski definition) is 3. The molecule has 1 heterocycles. The molecule has 1 N–H and O–H groups in total. The van der Waals surface area contributed by atoms with Crippen molar-refractivity contribution in [1.29, 1.82) is 0 Å². The molecular weight excluding hydrogens is 272 g/mol. The third kappa shape index (κ3) is 4.45. The summed E-state index contributed by atoms with van der Waals surface area (Å²) in [6, 6.07) is 7.55. The van der Waals surface area contributed by atoms with Gasteiger partial charge >= 0.3 is 0 Å². The van der Waals surface area contributed by atoms with Crippen molar-refractivity contribution in [2.24, 2.45) is 5.92 Å². The molecule has 0 amide bonds. The van der Waals surface area contributed by atoms with Crippen LogP contribution in [0.1, 0.15) is 25.5 Å². The van der Waals surface area contributed by atoms with E-state index in [9.17, 15) is 5.11 Å². The van der Waals surface area contributed by atoms with Gasteiger partial charge < -0.3 is 10.0 Å². The number of piperazine rings is 1. The molecular formula is C16H25ClN2O. The zero-order chi connectivity index (χ0) is 14.5. The van der Waals surface area contributed by atoms with E-state index in [0.29, 0.717) is 11.6 Å². The van der Waals surface area contributed by atoms with Gasteiger partial charge in [0.25, 0.3) is 0 Å². The van der Waals surface area contributed by atoms with Crippen LogP contribution in [0.4, 0.5) is 0 Å². The molecule has 3 nitrogen and oxygen atoms in total. The van der Waals surface area contributed by atoms with Crippen LogP contribution in [-0.4, -0.2) is 54.2 Å². The smallest absolute Gasteiger partial charge is 0.0931 e. The Bertz CT molecular complexity index is 417. The fraction of sp³-hybridized carbons (Fsp3) is 0.625. The fourth-order valence-electron chi connectivity index (χ4n) is 2.76. The SMILES string of the molecule is CC(C)CN1CCN(CC(O)c2ccccc2Cl)CC1. The van der Waals surface area contributed by atoms with Crippen molar-refractivity contribution >= 4 is 11.6 Å². The first-order valence-corrected chi connectivity index (χ1v) is 7.81. The quantitative estimate of drug-likeness (QED) is 0.905. The second kappa shape index (κ2) is 7.41. The molecule has 1 unspecified atom stereocenters. The van der Waals surface area contributed by atoms with Crippen LogP contribution in [0, 0.1) is 5.92 Å². The van der Waals surface area contributed by atoms with Gasteiger partial charge in [-0.3, -0.25) is 4.90 Å². The number of nitrogens with zero attached hydrogens (tertiary/aromatic N) is 2. The molecule has 1 aromatic carbocycles. The first-order valence-electron chi connectivity index (χ1n) is 7.43. The number of β-amino-alcohol motifs (C(OH)–C–C–N with tert-alkyl or cyclic N) is 1. The zero-order valence-electron chi connectivity index (χ0n) is 12.4. The van der Waals surface area contributed by atoms with E-state index in [4.69, 9.17) is 11.6 Å². The maximum Gasteiger partial charge on any atom is 0.0931 e. The highest BCUT2D eigenvalue weighted by atomic mass is 35.5. The lowest BCUT2D eigenvalue weighted by atomic mass is 10.1. The molecule has 0 aromatic heterocycles. The Hall–Kier alpha value is -0.610. The van der Waals surface area contributed by atoms with Crippen molar-refractivity contribution in [2.45, 2.75) is 20.0 Å². The Balaban J connectivity index is 1.82. The van der Waals surface area contributed by atoms with Gasteiger partial charge in [-0.05, 0) is 12.0 Å². The number of halogens is 1. The second-order valence-electron chi connectivity index (χ2n) is 6.03. The molecule has 0 radical (unpaired) electrons. The summed E-state index contributed by atoms with van der Waals surface area (Å²) in [4.78, 5) is 4.83. The summed E-state index contributed by atoms with van der Waals surface area (Å²) in [5.74, 6) is 0.718. The zero-order valence-corrected chi connectivity index (χ0v) is 13.2. The summed E-state index contributed by atoms with van der Waals surface area (Å²) in [6.07, 6.45) is -0.500. The Morgan fingerprint density at radius 3 is 2.15 bits per heavy atom. The average molecular weight is 297 g/mol. The average Bonchev–Trinajstić information content (AvgIpc) is 2.41. The Labute approximate surface area is 127 Å². The molecule has 0 aliphatic carbocycles. The Morgan fingerprint density at radius 2 is 1.60 bits per heavy atom. The Morgan fingerprint density at radius 1 is 1.05 bits per heavy atom. The van der Waals surface area contributed by atoms with Gasteiger partial charge in [-0.25, -0.2) is 0 Å². The number of aliphatic hydroxyl groups is 1. The third-order valence-electron chi connectivity index (χ3n) is 3.78. The van der Waals surface area contributed by atoms with Crippen molar-refractivity contribution in [3.05, 3.63) is 34.9 Å². The van der Waals surface area contributed by atoms with Crippen molar-refractivity contribution in [1.82, 2.24) is 9.80 Å². The van der Waals surface area contributed by atoms with E-state index in [1.54, 1.807) is 0 Å². The number of aliphatic hydroxyl groups excluding tert-OH is 1. The Kier molecular flexibility index (Phi) is 5.85. The monoisotopic (exact) mass is 296 g/mol. The summed E-state index contributed by atoms with van der Waals surface area (Å²) in [5.41, 5.74) is 0.832.